The number of sulfonamides is 1. The molecule has 0 unspecified atom stereocenters. The molecule has 3 N–H and O–H groups in total. The Bertz CT molecular complexity index is 656. The van der Waals surface area contributed by atoms with E-state index in [0.29, 0.717) is 11.0 Å². The zero-order valence-corrected chi connectivity index (χ0v) is 12.1. The van der Waals surface area contributed by atoms with Crippen molar-refractivity contribution in [1.82, 2.24) is 9.97 Å². The first-order valence-electron chi connectivity index (χ1n) is 5.30. The SMILES string of the molecule is NCc1ccc(S(=O)(=O)Nc2ncc(Br)cn2)cc1. The molecule has 0 aliphatic heterocycles. The summed E-state index contributed by atoms with van der Waals surface area (Å²) >= 11 is 3.17. The Labute approximate surface area is 119 Å². The lowest BCUT2D eigenvalue weighted by Gasteiger charge is -2.06. The largest absolute Gasteiger partial charge is 0.326 e. The van der Waals surface area contributed by atoms with Crippen molar-refractivity contribution >= 4 is 31.9 Å². The lowest BCUT2D eigenvalue weighted by atomic mass is 10.2. The zero-order valence-electron chi connectivity index (χ0n) is 9.75. The lowest BCUT2D eigenvalue weighted by molar-refractivity contribution is 0.600. The molecular weight excluding hydrogens is 332 g/mol. The van der Waals surface area contributed by atoms with Gasteiger partial charge in [-0.15, -0.1) is 0 Å². The van der Waals surface area contributed by atoms with Gasteiger partial charge in [0.15, 0.2) is 0 Å². The summed E-state index contributed by atoms with van der Waals surface area (Å²) in [5.74, 6) is 0.0195. The van der Waals surface area contributed by atoms with Crippen molar-refractivity contribution in [2.24, 2.45) is 5.73 Å². The molecule has 2 aromatic rings. The van der Waals surface area contributed by atoms with Crippen molar-refractivity contribution in [2.75, 3.05) is 4.72 Å². The van der Waals surface area contributed by atoms with Crippen LogP contribution in [0.3, 0.4) is 0 Å². The van der Waals surface area contributed by atoms with E-state index >= 15 is 0 Å². The molecule has 0 spiro atoms. The van der Waals surface area contributed by atoms with Crippen molar-refractivity contribution in [3.63, 3.8) is 0 Å². The van der Waals surface area contributed by atoms with Crippen LogP contribution >= 0.6 is 15.9 Å². The van der Waals surface area contributed by atoms with Gasteiger partial charge in [-0.1, -0.05) is 12.1 Å². The Balaban J connectivity index is 2.24. The van der Waals surface area contributed by atoms with Crippen LogP contribution in [0, 0.1) is 0 Å². The van der Waals surface area contributed by atoms with Crippen LogP contribution in [-0.2, 0) is 16.6 Å². The van der Waals surface area contributed by atoms with Crippen LogP contribution in [0.5, 0.6) is 0 Å². The molecule has 0 saturated carbocycles. The molecule has 1 aromatic heterocycles. The number of nitrogens with one attached hydrogen (secondary N) is 1. The van der Waals surface area contributed by atoms with Gasteiger partial charge in [0, 0.05) is 18.9 Å². The number of halogens is 1. The summed E-state index contributed by atoms with van der Waals surface area (Å²) in [5.41, 5.74) is 6.32. The molecule has 19 heavy (non-hydrogen) atoms. The van der Waals surface area contributed by atoms with Crippen LogP contribution in [0.4, 0.5) is 5.95 Å². The molecule has 1 aromatic carbocycles. The highest BCUT2D eigenvalue weighted by Gasteiger charge is 2.15. The van der Waals surface area contributed by atoms with E-state index in [4.69, 9.17) is 5.73 Å². The first-order valence-corrected chi connectivity index (χ1v) is 7.58. The Morgan fingerprint density at radius 1 is 1.16 bits per heavy atom. The summed E-state index contributed by atoms with van der Waals surface area (Å²) in [5, 5.41) is 0. The van der Waals surface area contributed by atoms with Crippen LogP contribution in [0.15, 0.2) is 46.0 Å². The van der Waals surface area contributed by atoms with Crippen molar-refractivity contribution in [1.29, 1.82) is 0 Å². The fraction of sp³-hybridized carbons (Fsp3) is 0.0909. The molecule has 0 amide bonds. The zero-order chi connectivity index (χ0) is 13.9. The summed E-state index contributed by atoms with van der Waals surface area (Å²) in [6.07, 6.45) is 2.92. The number of hydrogen-bond acceptors (Lipinski definition) is 5. The Kier molecular flexibility index (Phi) is 4.13. The first kappa shape index (κ1) is 13.9. The lowest BCUT2D eigenvalue weighted by Crippen LogP contribution is -2.15. The van der Waals surface area contributed by atoms with Gasteiger partial charge in [-0.3, -0.25) is 0 Å². The molecule has 2 rings (SSSR count). The number of rotatable bonds is 4. The van der Waals surface area contributed by atoms with Gasteiger partial charge >= 0.3 is 0 Å². The van der Waals surface area contributed by atoms with E-state index in [-0.39, 0.29) is 10.8 Å². The van der Waals surface area contributed by atoms with Gasteiger partial charge in [-0.05, 0) is 33.6 Å². The maximum atomic E-state index is 12.1. The van der Waals surface area contributed by atoms with Gasteiger partial charge in [0.05, 0.1) is 9.37 Å². The second-order valence-corrected chi connectivity index (χ2v) is 6.28. The molecule has 0 bridgehead atoms. The topological polar surface area (TPSA) is 98.0 Å². The average Bonchev–Trinajstić information content (AvgIpc) is 2.41. The van der Waals surface area contributed by atoms with Crippen molar-refractivity contribution < 1.29 is 8.42 Å². The van der Waals surface area contributed by atoms with Crippen LogP contribution in [0.2, 0.25) is 0 Å². The van der Waals surface area contributed by atoms with E-state index in [1.54, 1.807) is 12.1 Å². The molecule has 0 atom stereocenters. The second kappa shape index (κ2) is 5.64. The van der Waals surface area contributed by atoms with Gasteiger partial charge in [0.25, 0.3) is 10.0 Å². The monoisotopic (exact) mass is 342 g/mol. The van der Waals surface area contributed by atoms with Gasteiger partial charge in [0.1, 0.15) is 0 Å². The highest BCUT2D eigenvalue weighted by molar-refractivity contribution is 9.10. The van der Waals surface area contributed by atoms with E-state index in [9.17, 15) is 8.42 Å². The summed E-state index contributed by atoms with van der Waals surface area (Å²) in [4.78, 5) is 7.84. The molecule has 6 nitrogen and oxygen atoms in total. The van der Waals surface area contributed by atoms with E-state index in [1.807, 2.05) is 0 Å². The third-order valence-electron chi connectivity index (χ3n) is 2.32. The summed E-state index contributed by atoms with van der Waals surface area (Å²) in [6.45, 7) is 0.365. The molecule has 0 aliphatic rings. The fourth-order valence-corrected chi connectivity index (χ4v) is 2.51. The highest BCUT2D eigenvalue weighted by atomic mass is 79.9. The molecule has 0 saturated heterocycles. The van der Waals surface area contributed by atoms with Crippen LogP contribution < -0.4 is 10.5 Å². The van der Waals surface area contributed by atoms with Gasteiger partial charge in [-0.25, -0.2) is 23.1 Å². The maximum absolute atomic E-state index is 12.1. The van der Waals surface area contributed by atoms with E-state index < -0.39 is 10.0 Å². The number of benzene rings is 1. The van der Waals surface area contributed by atoms with Crippen molar-refractivity contribution in [2.45, 2.75) is 11.4 Å². The van der Waals surface area contributed by atoms with E-state index in [1.165, 1.54) is 24.5 Å². The summed E-state index contributed by atoms with van der Waals surface area (Å²) < 4.78 is 27.1. The number of anilines is 1. The molecule has 0 aliphatic carbocycles. The minimum atomic E-state index is -3.68. The molecule has 0 radical (unpaired) electrons. The van der Waals surface area contributed by atoms with Gasteiger partial charge < -0.3 is 5.73 Å². The Morgan fingerprint density at radius 3 is 2.26 bits per heavy atom. The molecular formula is C11H11BrN4O2S. The maximum Gasteiger partial charge on any atom is 0.264 e. The van der Waals surface area contributed by atoms with Crippen LogP contribution in [-0.4, -0.2) is 18.4 Å². The van der Waals surface area contributed by atoms with E-state index in [2.05, 4.69) is 30.6 Å². The molecule has 100 valence electrons. The van der Waals surface area contributed by atoms with Crippen molar-refractivity contribution in [3.05, 3.63) is 46.7 Å². The quantitative estimate of drug-likeness (QED) is 0.877. The summed E-state index contributed by atoms with van der Waals surface area (Å²) in [6, 6.07) is 6.31. The Morgan fingerprint density at radius 2 is 1.74 bits per heavy atom. The second-order valence-electron chi connectivity index (χ2n) is 3.68. The van der Waals surface area contributed by atoms with Crippen LogP contribution in [0.1, 0.15) is 5.56 Å². The number of aromatic nitrogens is 2. The normalized spacial score (nSPS) is 11.3. The number of nitrogens with two attached hydrogens (primary N) is 1. The predicted octanol–water partition coefficient (Wildman–Crippen LogP) is 1.50. The van der Waals surface area contributed by atoms with Crippen LogP contribution in [0.25, 0.3) is 0 Å². The molecule has 1 heterocycles. The smallest absolute Gasteiger partial charge is 0.264 e. The third-order valence-corrected chi connectivity index (χ3v) is 4.07. The minimum Gasteiger partial charge on any atom is -0.326 e. The molecule has 0 fully saturated rings. The van der Waals surface area contributed by atoms with E-state index in [0.717, 1.165) is 5.56 Å². The standard InChI is InChI=1S/C11H11BrN4O2S/c12-9-6-14-11(15-7-9)16-19(17,18)10-3-1-8(5-13)2-4-10/h1-4,6-7H,5,13H2,(H,14,15,16). The third kappa shape index (κ3) is 3.49. The van der Waals surface area contributed by atoms with Gasteiger partial charge in [0.2, 0.25) is 5.95 Å². The minimum absolute atomic E-state index is 0.0195. The van der Waals surface area contributed by atoms with Gasteiger partial charge in [-0.2, -0.15) is 0 Å². The highest BCUT2D eigenvalue weighted by Crippen LogP contribution is 2.14. The average molecular weight is 343 g/mol. The number of nitrogens with zero attached hydrogens (tertiary/aromatic N) is 2. The first-order chi connectivity index (χ1) is 9.01. The van der Waals surface area contributed by atoms with Crippen molar-refractivity contribution in [3.8, 4) is 0 Å². The summed E-state index contributed by atoms with van der Waals surface area (Å²) in [7, 11) is -3.68. The number of hydrogen-bond donors (Lipinski definition) is 2. The molecule has 8 heteroatoms. The fourth-order valence-electron chi connectivity index (χ4n) is 1.35. The predicted molar refractivity (Wildman–Crippen MR) is 74.9 cm³/mol. The Hall–Kier alpha value is -1.51.